The summed E-state index contributed by atoms with van der Waals surface area (Å²) in [7, 11) is 0. The largest absolute Gasteiger partial charge is 0.506 e. The van der Waals surface area contributed by atoms with Crippen molar-refractivity contribution in [2.45, 2.75) is 26.7 Å². The second kappa shape index (κ2) is 5.40. The fourth-order valence-corrected chi connectivity index (χ4v) is 2.71. The molecule has 0 radical (unpaired) electrons. The van der Waals surface area contributed by atoms with E-state index in [2.05, 4.69) is 15.9 Å². The molecule has 0 aliphatic heterocycles. The third-order valence-corrected chi connectivity index (χ3v) is 4.35. The minimum Gasteiger partial charge on any atom is -0.506 e. The first-order valence-corrected chi connectivity index (χ1v) is 7.13. The standard InChI is InChI=1S/C15H15BrO4/c1-4-20-15(19)12-13(17)7(2)9-5-6-10(16)8(3)11(9)14(12)18/h5-7,18H,4H2,1-3H3. The lowest BCUT2D eigenvalue weighted by molar-refractivity contribution is -0.140. The van der Waals surface area contributed by atoms with E-state index in [0.717, 1.165) is 15.6 Å². The molecule has 0 bridgehead atoms. The number of esters is 1. The van der Waals surface area contributed by atoms with E-state index in [9.17, 15) is 14.7 Å². The zero-order valence-electron chi connectivity index (χ0n) is 11.5. The molecule has 1 aromatic rings. The Bertz CT molecular complexity index is 631. The maximum Gasteiger partial charge on any atom is 0.345 e. The number of aliphatic hydroxyl groups is 1. The number of Topliss-reactive ketones (excluding diaryl/α,β-unsaturated/α-hetero) is 1. The van der Waals surface area contributed by atoms with Gasteiger partial charge in [0.1, 0.15) is 11.3 Å². The first-order valence-electron chi connectivity index (χ1n) is 6.34. The molecule has 5 heteroatoms. The van der Waals surface area contributed by atoms with Crippen LogP contribution >= 0.6 is 15.9 Å². The molecule has 0 heterocycles. The summed E-state index contributed by atoms with van der Waals surface area (Å²) in [5.74, 6) is -1.95. The van der Waals surface area contributed by atoms with Crippen molar-refractivity contribution in [1.29, 1.82) is 0 Å². The van der Waals surface area contributed by atoms with Gasteiger partial charge in [-0.05, 0) is 31.0 Å². The van der Waals surface area contributed by atoms with Crippen LogP contribution in [0.1, 0.15) is 36.5 Å². The highest BCUT2D eigenvalue weighted by Crippen LogP contribution is 2.39. The predicted octanol–water partition coefficient (Wildman–Crippen LogP) is 3.28. The van der Waals surface area contributed by atoms with Crippen molar-refractivity contribution in [2.24, 2.45) is 0 Å². The normalized spacial score (nSPS) is 18.0. The molecule has 0 aromatic heterocycles. The van der Waals surface area contributed by atoms with Crippen LogP contribution in [0.25, 0.3) is 5.76 Å². The van der Waals surface area contributed by atoms with Crippen LogP contribution in [0.5, 0.6) is 0 Å². The highest BCUT2D eigenvalue weighted by molar-refractivity contribution is 9.10. The van der Waals surface area contributed by atoms with Gasteiger partial charge in [-0.25, -0.2) is 4.79 Å². The van der Waals surface area contributed by atoms with Gasteiger partial charge in [-0.15, -0.1) is 0 Å². The van der Waals surface area contributed by atoms with E-state index in [1.807, 2.05) is 13.0 Å². The maximum absolute atomic E-state index is 12.3. The number of rotatable bonds is 2. The quantitative estimate of drug-likeness (QED) is 0.663. The minimum atomic E-state index is -0.771. The molecule has 0 fully saturated rings. The van der Waals surface area contributed by atoms with E-state index in [1.165, 1.54) is 0 Å². The van der Waals surface area contributed by atoms with Crippen LogP contribution in [0.2, 0.25) is 0 Å². The molecule has 1 aliphatic rings. The fraction of sp³-hybridized carbons (Fsp3) is 0.333. The molecule has 1 N–H and O–H groups in total. The van der Waals surface area contributed by atoms with Gasteiger partial charge in [-0.2, -0.15) is 0 Å². The number of halogens is 1. The first kappa shape index (κ1) is 14.8. The van der Waals surface area contributed by atoms with Crippen LogP contribution in [-0.4, -0.2) is 23.5 Å². The van der Waals surface area contributed by atoms with Crippen LogP contribution in [0.15, 0.2) is 22.2 Å². The summed E-state index contributed by atoms with van der Waals surface area (Å²) in [5, 5.41) is 10.3. The van der Waals surface area contributed by atoms with Gasteiger partial charge >= 0.3 is 5.97 Å². The first-order chi connectivity index (χ1) is 9.40. The van der Waals surface area contributed by atoms with Crippen LogP contribution < -0.4 is 0 Å². The Labute approximate surface area is 125 Å². The lowest BCUT2D eigenvalue weighted by Gasteiger charge is -2.25. The highest BCUT2D eigenvalue weighted by Gasteiger charge is 2.37. The van der Waals surface area contributed by atoms with Crippen molar-refractivity contribution < 1.29 is 19.4 Å². The number of aliphatic hydroxyl groups excluding tert-OH is 1. The Kier molecular flexibility index (Phi) is 3.99. The van der Waals surface area contributed by atoms with E-state index in [4.69, 9.17) is 4.74 Å². The monoisotopic (exact) mass is 338 g/mol. The topological polar surface area (TPSA) is 63.6 Å². The van der Waals surface area contributed by atoms with Crippen molar-refractivity contribution in [3.05, 3.63) is 38.9 Å². The van der Waals surface area contributed by atoms with Gasteiger partial charge in [-0.1, -0.05) is 28.9 Å². The Morgan fingerprint density at radius 3 is 2.70 bits per heavy atom. The van der Waals surface area contributed by atoms with Crippen LogP contribution in [0, 0.1) is 6.92 Å². The van der Waals surface area contributed by atoms with Gasteiger partial charge in [0.05, 0.1) is 6.61 Å². The predicted molar refractivity (Wildman–Crippen MR) is 78.5 cm³/mol. The van der Waals surface area contributed by atoms with Crippen molar-refractivity contribution in [3.8, 4) is 0 Å². The Hall–Kier alpha value is -1.62. The molecule has 0 amide bonds. The average Bonchev–Trinajstić information content (AvgIpc) is 2.39. The van der Waals surface area contributed by atoms with Crippen molar-refractivity contribution in [1.82, 2.24) is 0 Å². The average molecular weight is 339 g/mol. The number of hydrogen-bond donors (Lipinski definition) is 1. The maximum atomic E-state index is 12.3. The van der Waals surface area contributed by atoms with Crippen molar-refractivity contribution >= 4 is 33.4 Å². The molecule has 0 saturated heterocycles. The summed E-state index contributed by atoms with van der Waals surface area (Å²) in [5.41, 5.74) is 1.80. The van der Waals surface area contributed by atoms with Crippen LogP contribution in [-0.2, 0) is 14.3 Å². The van der Waals surface area contributed by atoms with Crippen LogP contribution in [0.3, 0.4) is 0 Å². The zero-order chi connectivity index (χ0) is 15.0. The molecule has 0 spiro atoms. The summed E-state index contributed by atoms with van der Waals surface area (Å²) in [6, 6.07) is 3.62. The fourth-order valence-electron chi connectivity index (χ4n) is 2.38. The van der Waals surface area contributed by atoms with Crippen molar-refractivity contribution in [3.63, 3.8) is 0 Å². The second-order valence-corrected chi connectivity index (χ2v) is 5.52. The molecule has 1 unspecified atom stereocenters. The van der Waals surface area contributed by atoms with Gasteiger partial charge in [0.25, 0.3) is 0 Å². The summed E-state index contributed by atoms with van der Waals surface area (Å²) >= 11 is 3.39. The molecule has 1 atom stereocenters. The van der Waals surface area contributed by atoms with Gasteiger partial charge in [0, 0.05) is 16.0 Å². The molecular weight excluding hydrogens is 324 g/mol. The number of fused-ring (bicyclic) bond motifs is 1. The third-order valence-electron chi connectivity index (χ3n) is 3.49. The number of carbonyl (C=O) groups excluding carboxylic acids is 2. The summed E-state index contributed by atoms with van der Waals surface area (Å²) in [6.45, 7) is 5.36. The number of ether oxygens (including phenoxy) is 1. The van der Waals surface area contributed by atoms with E-state index in [-0.39, 0.29) is 17.9 Å². The Morgan fingerprint density at radius 2 is 2.10 bits per heavy atom. The Morgan fingerprint density at radius 1 is 1.45 bits per heavy atom. The molecule has 0 saturated carbocycles. The number of carbonyl (C=O) groups is 2. The lowest BCUT2D eigenvalue weighted by Crippen LogP contribution is -2.27. The second-order valence-electron chi connectivity index (χ2n) is 4.67. The van der Waals surface area contributed by atoms with Gasteiger partial charge < -0.3 is 9.84 Å². The smallest absolute Gasteiger partial charge is 0.345 e. The molecular formula is C15H15BrO4. The minimum absolute atomic E-state index is 0.154. The van der Waals surface area contributed by atoms with Gasteiger partial charge in [-0.3, -0.25) is 4.79 Å². The SMILES string of the molecule is CCOC(=O)C1=C(O)c2c(ccc(Br)c2C)C(C)C1=O. The van der Waals surface area contributed by atoms with E-state index >= 15 is 0 Å². The van der Waals surface area contributed by atoms with Gasteiger partial charge in [0.2, 0.25) is 0 Å². The molecule has 1 aliphatic carbocycles. The summed E-state index contributed by atoms with van der Waals surface area (Å²) in [6.07, 6.45) is 0. The van der Waals surface area contributed by atoms with Crippen molar-refractivity contribution in [2.75, 3.05) is 6.61 Å². The highest BCUT2D eigenvalue weighted by atomic mass is 79.9. The summed E-state index contributed by atoms with van der Waals surface area (Å²) < 4.78 is 5.68. The molecule has 106 valence electrons. The zero-order valence-corrected chi connectivity index (χ0v) is 13.1. The molecule has 2 rings (SSSR count). The van der Waals surface area contributed by atoms with E-state index in [1.54, 1.807) is 19.9 Å². The molecule has 4 nitrogen and oxygen atoms in total. The number of benzene rings is 1. The lowest BCUT2D eigenvalue weighted by atomic mass is 9.80. The number of ketones is 1. The van der Waals surface area contributed by atoms with E-state index < -0.39 is 17.7 Å². The van der Waals surface area contributed by atoms with E-state index in [0.29, 0.717) is 5.56 Å². The molecule has 20 heavy (non-hydrogen) atoms. The summed E-state index contributed by atoms with van der Waals surface area (Å²) in [4.78, 5) is 24.2. The number of hydrogen-bond acceptors (Lipinski definition) is 4. The molecule has 1 aromatic carbocycles. The Balaban J connectivity index is 2.71. The third kappa shape index (κ3) is 2.16. The van der Waals surface area contributed by atoms with Crippen LogP contribution in [0.4, 0.5) is 0 Å². The van der Waals surface area contributed by atoms with Gasteiger partial charge in [0.15, 0.2) is 5.78 Å².